The number of hydrogen-bond donors (Lipinski definition) is 3. The van der Waals surface area contributed by atoms with Crippen LogP contribution < -0.4 is 16.1 Å². The normalized spacial score (nSPS) is 29.8. The molecule has 2 saturated heterocycles. The Hall–Kier alpha value is -2.44. The quantitative estimate of drug-likeness (QED) is 0.670. The molecule has 3 aliphatic rings. The summed E-state index contributed by atoms with van der Waals surface area (Å²) in [5.74, 6) is -0.376. The standard InChI is InChI=1S/C24H29FN4O/c1-15-9-10-20(25)19-14-22(27-23(15)19)24(30)26-17-7-5-6-16(12-17)21-13-18-8-3-4-11-29(18,2)28-21/h5-7,9-10,12,18,21-22,27-28H,3-4,8,11,13-14H2,1-2H3/p+1. The van der Waals surface area contributed by atoms with Gasteiger partial charge in [0.1, 0.15) is 17.9 Å². The highest BCUT2D eigenvalue weighted by atomic mass is 19.1. The topological polar surface area (TPSA) is 53.2 Å². The van der Waals surface area contributed by atoms with Crippen LogP contribution in [-0.2, 0) is 11.2 Å². The lowest BCUT2D eigenvalue weighted by atomic mass is 9.95. The summed E-state index contributed by atoms with van der Waals surface area (Å²) in [6.45, 7) is 3.11. The number of nitrogens with one attached hydrogen (secondary N) is 3. The van der Waals surface area contributed by atoms with Crippen LogP contribution >= 0.6 is 0 Å². The van der Waals surface area contributed by atoms with Crippen molar-refractivity contribution < 1.29 is 13.8 Å². The van der Waals surface area contributed by atoms with Gasteiger partial charge in [0.2, 0.25) is 5.91 Å². The van der Waals surface area contributed by atoms with Gasteiger partial charge in [0.25, 0.3) is 0 Å². The number of aryl methyl sites for hydroxylation is 1. The summed E-state index contributed by atoms with van der Waals surface area (Å²) in [6.07, 6.45) is 5.38. The summed E-state index contributed by atoms with van der Waals surface area (Å²) in [5, 5.41) is 6.24. The molecule has 158 valence electrons. The Balaban J connectivity index is 1.28. The predicted octanol–water partition coefficient (Wildman–Crippen LogP) is 4.06. The molecule has 6 heteroatoms. The van der Waals surface area contributed by atoms with Crippen molar-refractivity contribution in [2.24, 2.45) is 0 Å². The van der Waals surface area contributed by atoms with Crippen LogP contribution in [0, 0.1) is 12.7 Å². The maximum absolute atomic E-state index is 14.1. The van der Waals surface area contributed by atoms with Crippen LogP contribution in [0.5, 0.6) is 0 Å². The van der Waals surface area contributed by atoms with Crippen LogP contribution in [0.15, 0.2) is 36.4 Å². The van der Waals surface area contributed by atoms with Gasteiger partial charge < -0.3 is 10.6 Å². The van der Waals surface area contributed by atoms with Crippen molar-refractivity contribution in [3.05, 3.63) is 58.9 Å². The third-order valence-corrected chi connectivity index (χ3v) is 7.24. The fraction of sp³-hybridized carbons (Fsp3) is 0.458. The highest BCUT2D eigenvalue weighted by molar-refractivity contribution is 5.98. The molecule has 0 radical (unpaired) electrons. The molecule has 0 bridgehead atoms. The fourth-order valence-corrected chi connectivity index (χ4v) is 5.49. The number of piperidine rings is 1. The average molecular weight is 410 g/mol. The molecule has 3 heterocycles. The van der Waals surface area contributed by atoms with E-state index in [1.807, 2.05) is 19.1 Å². The van der Waals surface area contributed by atoms with Crippen molar-refractivity contribution in [2.45, 2.75) is 57.2 Å². The third-order valence-electron chi connectivity index (χ3n) is 7.24. The minimum atomic E-state index is -0.456. The van der Waals surface area contributed by atoms with Crippen molar-refractivity contribution in [3.63, 3.8) is 0 Å². The number of rotatable bonds is 3. The molecule has 4 atom stereocenters. The van der Waals surface area contributed by atoms with Gasteiger partial charge in [0.05, 0.1) is 19.6 Å². The van der Waals surface area contributed by atoms with Gasteiger partial charge in [-0.15, -0.1) is 0 Å². The molecular weight excluding hydrogens is 379 g/mol. The maximum Gasteiger partial charge on any atom is 0.247 e. The SMILES string of the molecule is Cc1ccc(F)c2c1NC(C(=O)Nc1cccc(C3CC4CCCC[N+]4(C)N3)c1)C2. The molecule has 0 aliphatic carbocycles. The van der Waals surface area contributed by atoms with Crippen LogP contribution in [-0.4, -0.2) is 36.2 Å². The predicted molar refractivity (Wildman–Crippen MR) is 117 cm³/mol. The zero-order valence-corrected chi connectivity index (χ0v) is 17.7. The van der Waals surface area contributed by atoms with Crippen molar-refractivity contribution in [1.82, 2.24) is 5.43 Å². The first kappa shape index (κ1) is 19.5. The van der Waals surface area contributed by atoms with E-state index in [4.69, 9.17) is 0 Å². The van der Waals surface area contributed by atoms with E-state index in [1.165, 1.54) is 37.4 Å². The van der Waals surface area contributed by atoms with Gasteiger partial charge in [-0.05, 0) is 49.1 Å². The molecule has 30 heavy (non-hydrogen) atoms. The lowest BCUT2D eigenvalue weighted by Crippen LogP contribution is -2.57. The molecule has 0 spiro atoms. The van der Waals surface area contributed by atoms with Crippen LogP contribution in [0.25, 0.3) is 0 Å². The number of fused-ring (bicyclic) bond motifs is 2. The van der Waals surface area contributed by atoms with Crippen LogP contribution in [0.4, 0.5) is 15.8 Å². The van der Waals surface area contributed by atoms with Gasteiger partial charge in [-0.2, -0.15) is 5.43 Å². The summed E-state index contributed by atoms with van der Waals surface area (Å²) in [6, 6.07) is 11.9. The molecule has 2 fully saturated rings. The van der Waals surface area contributed by atoms with E-state index in [1.54, 1.807) is 6.07 Å². The number of carbonyl (C=O) groups is 1. The minimum absolute atomic E-state index is 0.127. The molecule has 2 aromatic rings. The van der Waals surface area contributed by atoms with Gasteiger partial charge in [-0.3, -0.25) is 4.79 Å². The van der Waals surface area contributed by atoms with Crippen LogP contribution in [0.2, 0.25) is 0 Å². The summed E-state index contributed by atoms with van der Waals surface area (Å²) in [5.41, 5.74) is 8.15. The molecule has 3 aliphatic heterocycles. The monoisotopic (exact) mass is 409 g/mol. The highest BCUT2D eigenvalue weighted by Crippen LogP contribution is 2.38. The minimum Gasteiger partial charge on any atom is -0.373 e. The smallest absolute Gasteiger partial charge is 0.247 e. The first-order valence-electron chi connectivity index (χ1n) is 11.0. The van der Waals surface area contributed by atoms with Gasteiger partial charge in [-0.1, -0.05) is 18.2 Å². The summed E-state index contributed by atoms with van der Waals surface area (Å²) in [4.78, 5) is 12.9. The van der Waals surface area contributed by atoms with E-state index >= 15 is 0 Å². The van der Waals surface area contributed by atoms with Crippen molar-refractivity contribution in [1.29, 1.82) is 0 Å². The number of anilines is 2. The van der Waals surface area contributed by atoms with E-state index < -0.39 is 6.04 Å². The number of quaternary nitrogens is 1. The molecule has 5 rings (SSSR count). The number of nitrogens with zero attached hydrogens (tertiary/aromatic N) is 1. The average Bonchev–Trinajstić information content (AvgIpc) is 3.33. The Morgan fingerprint density at radius 2 is 2.10 bits per heavy atom. The van der Waals surface area contributed by atoms with Gasteiger partial charge >= 0.3 is 0 Å². The summed E-state index contributed by atoms with van der Waals surface area (Å²) in [7, 11) is 2.31. The Morgan fingerprint density at radius 1 is 1.23 bits per heavy atom. The van der Waals surface area contributed by atoms with Crippen molar-refractivity contribution >= 4 is 17.3 Å². The van der Waals surface area contributed by atoms with Gasteiger partial charge in [0, 0.05) is 36.2 Å². The lowest BCUT2D eigenvalue weighted by molar-refractivity contribution is -0.967. The Kier molecular flexibility index (Phi) is 4.79. The molecule has 4 unspecified atom stereocenters. The van der Waals surface area contributed by atoms with Gasteiger partial charge in [-0.25, -0.2) is 8.98 Å². The first-order valence-corrected chi connectivity index (χ1v) is 11.0. The Morgan fingerprint density at radius 3 is 2.90 bits per heavy atom. The van der Waals surface area contributed by atoms with Gasteiger partial charge in [0.15, 0.2) is 0 Å². The second kappa shape index (κ2) is 7.36. The van der Waals surface area contributed by atoms with E-state index in [9.17, 15) is 9.18 Å². The second-order valence-electron chi connectivity index (χ2n) is 9.29. The first-order chi connectivity index (χ1) is 14.4. The highest BCUT2D eigenvalue weighted by Gasteiger charge is 2.45. The van der Waals surface area contributed by atoms with Crippen molar-refractivity contribution in [2.75, 3.05) is 24.2 Å². The zero-order chi connectivity index (χ0) is 20.9. The summed E-state index contributed by atoms with van der Waals surface area (Å²) < 4.78 is 15.1. The van der Waals surface area contributed by atoms with E-state index in [0.717, 1.165) is 28.0 Å². The molecule has 5 nitrogen and oxygen atoms in total. The lowest BCUT2D eigenvalue weighted by Gasteiger charge is -2.38. The number of benzene rings is 2. The fourth-order valence-electron chi connectivity index (χ4n) is 5.49. The third kappa shape index (κ3) is 3.38. The molecule has 0 saturated carbocycles. The van der Waals surface area contributed by atoms with E-state index in [-0.39, 0.29) is 11.7 Å². The number of halogens is 1. The maximum atomic E-state index is 14.1. The van der Waals surface area contributed by atoms with Crippen LogP contribution in [0.1, 0.15) is 48.4 Å². The second-order valence-corrected chi connectivity index (χ2v) is 9.29. The summed E-state index contributed by atoms with van der Waals surface area (Å²) >= 11 is 0. The zero-order valence-electron chi connectivity index (χ0n) is 17.7. The van der Waals surface area contributed by atoms with E-state index in [2.05, 4.69) is 35.2 Å². The van der Waals surface area contributed by atoms with E-state index in [0.29, 0.717) is 24.1 Å². The Labute approximate surface area is 177 Å². The molecule has 2 aromatic carbocycles. The van der Waals surface area contributed by atoms with Crippen molar-refractivity contribution in [3.8, 4) is 0 Å². The van der Waals surface area contributed by atoms with Crippen LogP contribution in [0.3, 0.4) is 0 Å². The number of carbonyl (C=O) groups excluding carboxylic acids is 1. The number of amides is 1. The molecule has 1 amide bonds. The Bertz CT molecular complexity index is 962. The molecule has 3 N–H and O–H groups in total. The number of hydrogen-bond acceptors (Lipinski definition) is 3. The molecular formula is C24H30FN4O+. The largest absolute Gasteiger partial charge is 0.373 e. The molecule has 0 aromatic heterocycles.